The van der Waals surface area contributed by atoms with Gasteiger partial charge in [0.15, 0.2) is 0 Å². The van der Waals surface area contributed by atoms with Crippen molar-refractivity contribution >= 4 is 26.0 Å². The van der Waals surface area contributed by atoms with Crippen LogP contribution in [0.15, 0.2) is 33.6 Å². The Balaban J connectivity index is 2.21. The van der Waals surface area contributed by atoms with E-state index in [1.807, 2.05) is 13.0 Å². The Labute approximate surface area is 117 Å². The van der Waals surface area contributed by atoms with Gasteiger partial charge in [-0.2, -0.15) is 0 Å². The van der Waals surface area contributed by atoms with Gasteiger partial charge in [-0.15, -0.1) is 0 Å². The Hall–Kier alpha value is -0.390. The van der Waals surface area contributed by atoms with E-state index < -0.39 is 10.0 Å². The molecule has 1 aliphatic rings. The van der Waals surface area contributed by atoms with Crippen LogP contribution in [0.4, 0.5) is 0 Å². The van der Waals surface area contributed by atoms with E-state index in [2.05, 4.69) is 20.7 Å². The molecule has 0 saturated heterocycles. The first-order valence-corrected chi connectivity index (χ1v) is 8.49. The molecule has 0 atom stereocenters. The quantitative estimate of drug-likeness (QED) is 0.921. The van der Waals surface area contributed by atoms with Crippen molar-refractivity contribution in [2.24, 2.45) is 0 Å². The molecule has 1 aromatic carbocycles. The maximum atomic E-state index is 12.3. The van der Waals surface area contributed by atoms with Gasteiger partial charge in [0.05, 0.1) is 4.90 Å². The average Bonchev–Trinajstić information content (AvgIpc) is 2.28. The molecular formula is C13H18BrNO2S. The lowest BCUT2D eigenvalue weighted by molar-refractivity contribution is 0.294. The summed E-state index contributed by atoms with van der Waals surface area (Å²) in [7, 11) is -3.42. The molecule has 0 unspecified atom stereocenters. The Bertz CT molecular complexity index is 522. The second-order valence-electron chi connectivity index (χ2n) is 5.18. The van der Waals surface area contributed by atoms with E-state index in [-0.39, 0.29) is 5.54 Å². The van der Waals surface area contributed by atoms with Crippen molar-refractivity contribution in [1.82, 2.24) is 4.72 Å². The second-order valence-corrected chi connectivity index (χ2v) is 7.78. The minimum atomic E-state index is -3.42. The van der Waals surface area contributed by atoms with Gasteiger partial charge in [-0.25, -0.2) is 13.1 Å². The molecule has 1 N–H and O–H groups in total. The predicted molar refractivity (Wildman–Crippen MR) is 76.0 cm³/mol. The molecular weight excluding hydrogens is 314 g/mol. The smallest absolute Gasteiger partial charge is 0.207 e. The zero-order valence-electron chi connectivity index (χ0n) is 10.4. The van der Waals surface area contributed by atoms with Crippen molar-refractivity contribution < 1.29 is 8.42 Å². The fourth-order valence-electron chi connectivity index (χ4n) is 2.45. The molecule has 1 fully saturated rings. The molecule has 0 radical (unpaired) electrons. The normalized spacial score (nSPS) is 19.7. The Morgan fingerprint density at radius 2 is 1.89 bits per heavy atom. The van der Waals surface area contributed by atoms with Crippen LogP contribution in [0.5, 0.6) is 0 Å². The molecule has 0 spiro atoms. The van der Waals surface area contributed by atoms with Crippen LogP contribution in [0.3, 0.4) is 0 Å². The van der Waals surface area contributed by atoms with Crippen LogP contribution in [-0.4, -0.2) is 14.0 Å². The standard InChI is InChI=1S/C13H18BrNO2S/c1-13(8-3-2-4-9-13)15-18(16,17)12-7-5-6-11(14)10-12/h5-7,10,15H,2-4,8-9H2,1H3. The molecule has 0 bridgehead atoms. The number of benzene rings is 1. The molecule has 5 heteroatoms. The fourth-order valence-corrected chi connectivity index (χ4v) is 4.51. The minimum absolute atomic E-state index is 0.292. The molecule has 100 valence electrons. The zero-order valence-corrected chi connectivity index (χ0v) is 12.9. The van der Waals surface area contributed by atoms with E-state index in [0.717, 1.165) is 30.2 Å². The van der Waals surface area contributed by atoms with Crippen LogP contribution in [0.25, 0.3) is 0 Å². The lowest BCUT2D eigenvalue weighted by atomic mass is 9.84. The SMILES string of the molecule is CC1(NS(=O)(=O)c2cccc(Br)c2)CCCCC1. The van der Waals surface area contributed by atoms with Crippen LogP contribution in [0.2, 0.25) is 0 Å². The van der Waals surface area contributed by atoms with Gasteiger partial charge < -0.3 is 0 Å². The van der Waals surface area contributed by atoms with Gasteiger partial charge in [0.2, 0.25) is 10.0 Å². The van der Waals surface area contributed by atoms with Crippen LogP contribution in [-0.2, 0) is 10.0 Å². The Kier molecular flexibility index (Phi) is 4.14. The van der Waals surface area contributed by atoms with Gasteiger partial charge in [0, 0.05) is 10.0 Å². The van der Waals surface area contributed by atoms with Gasteiger partial charge in [-0.1, -0.05) is 41.3 Å². The van der Waals surface area contributed by atoms with Gasteiger partial charge in [0.25, 0.3) is 0 Å². The average molecular weight is 332 g/mol. The van der Waals surface area contributed by atoms with Crippen molar-refractivity contribution in [2.45, 2.75) is 49.5 Å². The molecule has 1 aromatic rings. The maximum absolute atomic E-state index is 12.3. The number of hydrogen-bond donors (Lipinski definition) is 1. The summed E-state index contributed by atoms with van der Waals surface area (Å²) >= 11 is 3.30. The van der Waals surface area contributed by atoms with E-state index in [9.17, 15) is 8.42 Å². The molecule has 0 aliphatic heterocycles. The first-order valence-electron chi connectivity index (χ1n) is 6.21. The highest BCUT2D eigenvalue weighted by Gasteiger charge is 2.31. The third-order valence-corrected chi connectivity index (χ3v) is 5.57. The maximum Gasteiger partial charge on any atom is 0.241 e. The molecule has 3 nitrogen and oxygen atoms in total. The van der Waals surface area contributed by atoms with Crippen LogP contribution >= 0.6 is 15.9 Å². The van der Waals surface area contributed by atoms with Crippen LogP contribution in [0.1, 0.15) is 39.0 Å². The topological polar surface area (TPSA) is 46.2 Å². The van der Waals surface area contributed by atoms with Crippen molar-refractivity contribution in [1.29, 1.82) is 0 Å². The molecule has 1 aliphatic carbocycles. The summed E-state index contributed by atoms with van der Waals surface area (Å²) in [6, 6.07) is 6.82. The highest BCUT2D eigenvalue weighted by atomic mass is 79.9. The van der Waals surface area contributed by atoms with Crippen molar-refractivity contribution in [3.8, 4) is 0 Å². The third-order valence-electron chi connectivity index (χ3n) is 3.44. The first-order chi connectivity index (χ1) is 8.41. The summed E-state index contributed by atoms with van der Waals surface area (Å²) in [5.74, 6) is 0. The number of sulfonamides is 1. The minimum Gasteiger partial charge on any atom is -0.207 e. The molecule has 2 rings (SSSR count). The van der Waals surface area contributed by atoms with E-state index in [4.69, 9.17) is 0 Å². The van der Waals surface area contributed by atoms with E-state index in [0.29, 0.717) is 4.90 Å². The summed E-state index contributed by atoms with van der Waals surface area (Å²) in [6.45, 7) is 2.00. The van der Waals surface area contributed by atoms with Gasteiger partial charge in [-0.05, 0) is 38.0 Å². The van der Waals surface area contributed by atoms with E-state index in [1.54, 1.807) is 18.2 Å². The molecule has 18 heavy (non-hydrogen) atoms. The predicted octanol–water partition coefficient (Wildman–Crippen LogP) is 3.45. The first kappa shape index (κ1) is 14.0. The Morgan fingerprint density at radius 3 is 2.50 bits per heavy atom. The highest BCUT2D eigenvalue weighted by Crippen LogP contribution is 2.29. The van der Waals surface area contributed by atoms with Crippen molar-refractivity contribution in [2.75, 3.05) is 0 Å². The Morgan fingerprint density at radius 1 is 1.22 bits per heavy atom. The molecule has 0 heterocycles. The van der Waals surface area contributed by atoms with Gasteiger partial charge in [0.1, 0.15) is 0 Å². The number of halogens is 1. The largest absolute Gasteiger partial charge is 0.241 e. The van der Waals surface area contributed by atoms with E-state index in [1.165, 1.54) is 6.42 Å². The van der Waals surface area contributed by atoms with E-state index >= 15 is 0 Å². The lowest BCUT2D eigenvalue weighted by Gasteiger charge is -2.34. The summed E-state index contributed by atoms with van der Waals surface area (Å²) in [5, 5.41) is 0. The lowest BCUT2D eigenvalue weighted by Crippen LogP contribution is -2.47. The summed E-state index contributed by atoms with van der Waals surface area (Å²) in [5.41, 5.74) is -0.292. The van der Waals surface area contributed by atoms with Crippen LogP contribution in [0, 0.1) is 0 Å². The van der Waals surface area contributed by atoms with Crippen molar-refractivity contribution in [3.05, 3.63) is 28.7 Å². The molecule has 1 saturated carbocycles. The summed E-state index contributed by atoms with van der Waals surface area (Å²) < 4.78 is 28.3. The fraction of sp³-hybridized carbons (Fsp3) is 0.538. The summed E-state index contributed by atoms with van der Waals surface area (Å²) in [4.78, 5) is 0.323. The number of rotatable bonds is 3. The summed E-state index contributed by atoms with van der Waals surface area (Å²) in [6.07, 6.45) is 5.23. The number of hydrogen-bond acceptors (Lipinski definition) is 2. The second kappa shape index (κ2) is 5.31. The van der Waals surface area contributed by atoms with Gasteiger partial charge in [-0.3, -0.25) is 0 Å². The van der Waals surface area contributed by atoms with Crippen LogP contribution < -0.4 is 4.72 Å². The van der Waals surface area contributed by atoms with Crippen molar-refractivity contribution in [3.63, 3.8) is 0 Å². The highest BCUT2D eigenvalue weighted by molar-refractivity contribution is 9.10. The third kappa shape index (κ3) is 3.33. The molecule has 0 amide bonds. The number of nitrogens with one attached hydrogen (secondary N) is 1. The van der Waals surface area contributed by atoms with Gasteiger partial charge >= 0.3 is 0 Å². The monoisotopic (exact) mass is 331 g/mol. The zero-order chi connectivity index (χ0) is 13.2. The molecule has 0 aromatic heterocycles.